The number of fused-ring (bicyclic) bond motifs is 1. The highest BCUT2D eigenvalue weighted by Gasteiger charge is 2.41. The Morgan fingerprint density at radius 2 is 1.13 bits per heavy atom. The Labute approximate surface area is 280 Å². The number of benzene rings is 3. The van der Waals surface area contributed by atoms with E-state index in [-0.39, 0.29) is 29.6 Å². The first-order valence-electron chi connectivity index (χ1n) is 17.0. The summed E-state index contributed by atoms with van der Waals surface area (Å²) in [5, 5.41) is 0. The number of rotatable bonds is 18. The number of esters is 2. The Kier molecular flexibility index (Phi) is 12.9. The van der Waals surface area contributed by atoms with Crippen molar-refractivity contribution < 1.29 is 28.5 Å². The lowest BCUT2D eigenvalue weighted by Gasteiger charge is -2.32. The van der Waals surface area contributed by atoms with E-state index in [4.69, 9.17) is 18.9 Å². The van der Waals surface area contributed by atoms with Crippen molar-refractivity contribution in [2.75, 3.05) is 13.2 Å². The number of hydrogen-bond acceptors (Lipinski definition) is 6. The summed E-state index contributed by atoms with van der Waals surface area (Å²) in [7, 11) is 0. The number of aryl methyl sites for hydroxylation is 1. The third-order valence-electron chi connectivity index (χ3n) is 8.82. The van der Waals surface area contributed by atoms with Crippen LogP contribution in [0.25, 0.3) is 0 Å². The predicted molar refractivity (Wildman–Crippen MR) is 187 cm³/mol. The van der Waals surface area contributed by atoms with Gasteiger partial charge < -0.3 is 18.9 Å². The molecule has 0 fully saturated rings. The molecule has 0 heterocycles. The highest BCUT2D eigenvalue weighted by Crippen LogP contribution is 2.49. The second-order valence-electron chi connectivity index (χ2n) is 12.6. The van der Waals surface area contributed by atoms with Crippen molar-refractivity contribution in [2.24, 2.45) is 0 Å². The predicted octanol–water partition coefficient (Wildman–Crippen LogP) is 9.08. The van der Waals surface area contributed by atoms with E-state index in [1.165, 1.54) is 22.3 Å². The van der Waals surface area contributed by atoms with Crippen molar-refractivity contribution in [3.63, 3.8) is 0 Å². The van der Waals surface area contributed by atoms with Crippen LogP contribution in [-0.2, 0) is 30.9 Å². The lowest BCUT2D eigenvalue weighted by molar-refractivity contribution is -0.146. The van der Waals surface area contributed by atoms with E-state index in [9.17, 15) is 9.59 Å². The van der Waals surface area contributed by atoms with Gasteiger partial charge in [-0.15, -0.1) is 0 Å². The maximum atomic E-state index is 12.0. The van der Waals surface area contributed by atoms with Crippen molar-refractivity contribution in [1.29, 1.82) is 0 Å². The molecule has 0 saturated carbocycles. The van der Waals surface area contributed by atoms with Gasteiger partial charge >= 0.3 is 11.9 Å². The molecule has 0 spiro atoms. The van der Waals surface area contributed by atoms with Crippen LogP contribution in [-0.4, -0.2) is 37.4 Å². The van der Waals surface area contributed by atoms with Crippen LogP contribution in [0.3, 0.4) is 0 Å². The summed E-state index contributed by atoms with van der Waals surface area (Å²) in [6.07, 6.45) is 6.25. The van der Waals surface area contributed by atoms with Crippen LogP contribution in [0, 0.1) is 0 Å². The molecule has 2 atom stereocenters. The topological polar surface area (TPSA) is 71.1 Å². The van der Waals surface area contributed by atoms with E-state index in [1.54, 1.807) is 13.8 Å². The fraction of sp³-hybridized carbons (Fsp3) is 0.415. The van der Waals surface area contributed by atoms with Gasteiger partial charge in [0, 0.05) is 29.4 Å². The first-order valence-corrected chi connectivity index (χ1v) is 17.0. The lowest BCUT2D eigenvalue weighted by atomic mass is 9.70. The van der Waals surface area contributed by atoms with Crippen LogP contribution >= 0.6 is 0 Å². The molecule has 0 radical (unpaired) electrons. The Hall–Kier alpha value is -4.32. The zero-order valence-electron chi connectivity index (χ0n) is 28.5. The highest BCUT2D eigenvalue weighted by atomic mass is 16.6. The van der Waals surface area contributed by atoms with Gasteiger partial charge in [0.05, 0.1) is 13.2 Å². The molecule has 250 valence electrons. The van der Waals surface area contributed by atoms with Crippen LogP contribution in [0.5, 0.6) is 11.5 Å². The molecule has 6 heteroatoms. The maximum absolute atomic E-state index is 12.0. The third-order valence-corrected chi connectivity index (χ3v) is 8.82. The molecular weight excluding hydrogens is 588 g/mol. The van der Waals surface area contributed by atoms with Gasteiger partial charge in [-0.2, -0.15) is 0 Å². The van der Waals surface area contributed by atoms with Crippen molar-refractivity contribution in [3.05, 3.63) is 119 Å². The van der Waals surface area contributed by atoms with Crippen LogP contribution in [0.1, 0.15) is 94.9 Å². The minimum atomic E-state index is -0.350. The van der Waals surface area contributed by atoms with E-state index < -0.39 is 0 Å². The number of hydrogen-bond donors (Lipinski definition) is 0. The standard InChI is InChI=1S/C41H50O6/c1-7-11-36(46-39(42)29(3)4)24-27-44-34-19-15-32(16-20-34)41(26-23-31-13-9-10-14-38(31)41)33-17-21-35(22-18-33)45-28-25-37(12-8-2)47-40(43)30(5)6/h9-10,13-22,36-37H,3,5,7-8,11-12,23-28H2,1-2,4,6H3. The summed E-state index contributed by atoms with van der Waals surface area (Å²) in [4.78, 5) is 24.1. The van der Waals surface area contributed by atoms with Crippen molar-refractivity contribution >= 4 is 11.9 Å². The van der Waals surface area contributed by atoms with Gasteiger partial charge in [-0.3, -0.25) is 0 Å². The van der Waals surface area contributed by atoms with Gasteiger partial charge in [0.2, 0.25) is 0 Å². The third kappa shape index (κ3) is 9.15. The molecule has 3 aromatic carbocycles. The molecule has 47 heavy (non-hydrogen) atoms. The van der Waals surface area contributed by atoms with E-state index >= 15 is 0 Å². The number of carbonyl (C=O) groups is 2. The van der Waals surface area contributed by atoms with Crippen molar-refractivity contribution in [1.82, 2.24) is 0 Å². The average molecular weight is 639 g/mol. The quantitative estimate of drug-likeness (QED) is 0.102. The highest BCUT2D eigenvalue weighted by molar-refractivity contribution is 5.87. The monoisotopic (exact) mass is 638 g/mol. The minimum absolute atomic E-state index is 0.189. The summed E-state index contributed by atoms with van der Waals surface area (Å²) in [5.41, 5.74) is 5.64. The van der Waals surface area contributed by atoms with Gasteiger partial charge in [-0.1, -0.05) is 88.4 Å². The first kappa shape index (κ1) is 35.5. The van der Waals surface area contributed by atoms with Gasteiger partial charge in [-0.25, -0.2) is 9.59 Å². The molecule has 0 aliphatic heterocycles. The lowest BCUT2D eigenvalue weighted by Crippen LogP contribution is -2.26. The molecule has 6 nitrogen and oxygen atoms in total. The molecule has 1 aliphatic carbocycles. The van der Waals surface area contributed by atoms with E-state index in [0.717, 1.165) is 50.0 Å². The average Bonchev–Trinajstić information content (AvgIpc) is 3.46. The van der Waals surface area contributed by atoms with E-state index in [2.05, 4.69) is 75.5 Å². The summed E-state index contributed by atoms with van der Waals surface area (Å²) in [6, 6.07) is 25.6. The number of ether oxygens (including phenoxy) is 4. The summed E-state index contributed by atoms with van der Waals surface area (Å²) < 4.78 is 23.4. The summed E-state index contributed by atoms with van der Waals surface area (Å²) in [6.45, 7) is 15.8. The Morgan fingerprint density at radius 3 is 1.55 bits per heavy atom. The maximum Gasteiger partial charge on any atom is 0.333 e. The first-order chi connectivity index (χ1) is 22.7. The zero-order chi connectivity index (χ0) is 33.8. The SMILES string of the molecule is C=C(C)C(=O)OC(CCC)CCOc1ccc(C2(c3ccc(OCCC(CCC)OC(=O)C(=C)C)cc3)CCc3ccccc32)cc1. The number of carbonyl (C=O) groups excluding carboxylic acids is 2. The Bertz CT molecular complexity index is 1420. The molecule has 0 N–H and O–H groups in total. The molecule has 4 rings (SSSR count). The molecule has 2 unspecified atom stereocenters. The van der Waals surface area contributed by atoms with Gasteiger partial charge in [0.1, 0.15) is 23.7 Å². The minimum Gasteiger partial charge on any atom is -0.493 e. The van der Waals surface area contributed by atoms with E-state index in [0.29, 0.717) is 37.2 Å². The largest absolute Gasteiger partial charge is 0.493 e. The van der Waals surface area contributed by atoms with Crippen LogP contribution in [0.2, 0.25) is 0 Å². The molecule has 1 aliphatic rings. The Morgan fingerprint density at radius 1 is 0.681 bits per heavy atom. The summed E-state index contributed by atoms with van der Waals surface area (Å²) in [5.74, 6) is 0.875. The van der Waals surface area contributed by atoms with Gasteiger partial charge in [-0.05, 0) is 86.1 Å². The molecular formula is C41H50O6. The fourth-order valence-corrected chi connectivity index (χ4v) is 6.34. The fourth-order valence-electron chi connectivity index (χ4n) is 6.34. The molecule has 3 aromatic rings. The molecule has 0 bridgehead atoms. The second kappa shape index (κ2) is 17.0. The van der Waals surface area contributed by atoms with Crippen LogP contribution in [0.15, 0.2) is 97.1 Å². The van der Waals surface area contributed by atoms with Gasteiger partial charge in [0.15, 0.2) is 0 Å². The molecule has 0 amide bonds. The van der Waals surface area contributed by atoms with Crippen LogP contribution in [0.4, 0.5) is 0 Å². The van der Waals surface area contributed by atoms with Crippen molar-refractivity contribution in [3.8, 4) is 11.5 Å². The second-order valence-corrected chi connectivity index (χ2v) is 12.6. The zero-order valence-corrected chi connectivity index (χ0v) is 28.5. The molecule has 0 saturated heterocycles. The normalized spacial score (nSPS) is 16.4. The van der Waals surface area contributed by atoms with Gasteiger partial charge in [0.25, 0.3) is 0 Å². The van der Waals surface area contributed by atoms with E-state index in [1.807, 2.05) is 24.3 Å². The summed E-state index contributed by atoms with van der Waals surface area (Å²) >= 11 is 0. The smallest absolute Gasteiger partial charge is 0.333 e. The Balaban J connectivity index is 1.46. The van der Waals surface area contributed by atoms with Crippen molar-refractivity contribution in [2.45, 2.75) is 96.7 Å². The molecule has 0 aromatic heterocycles. The van der Waals surface area contributed by atoms with Crippen LogP contribution < -0.4 is 9.47 Å².